The number of sulfone groups is 1. The summed E-state index contributed by atoms with van der Waals surface area (Å²) >= 11 is 0. The molecule has 0 aromatic heterocycles. The van der Waals surface area contributed by atoms with Crippen LogP contribution in [0.3, 0.4) is 0 Å². The fraction of sp³-hybridized carbons (Fsp3) is 0.500. The lowest BCUT2D eigenvalue weighted by Crippen LogP contribution is -2.42. The number of aliphatic carboxylic acids is 1. The van der Waals surface area contributed by atoms with E-state index in [0.29, 0.717) is 0 Å². The molecule has 7 heteroatoms. The summed E-state index contributed by atoms with van der Waals surface area (Å²) in [5, 5.41) is 9.33. The summed E-state index contributed by atoms with van der Waals surface area (Å²) in [6, 6.07) is 8.86. The number of carbonyl (C=O) groups excluding carboxylic acids is 1. The van der Waals surface area contributed by atoms with E-state index in [0.717, 1.165) is 5.56 Å². The van der Waals surface area contributed by atoms with Crippen LogP contribution in [0, 0.1) is 5.92 Å². The normalized spacial score (nSPS) is 13.3. The largest absolute Gasteiger partial charge is 0.481 e. The Bertz CT molecular complexity index is 648. The molecule has 1 rings (SSSR count). The zero-order valence-corrected chi connectivity index (χ0v) is 14.3. The highest BCUT2D eigenvalue weighted by Gasteiger charge is 2.39. The Kier molecular flexibility index (Phi) is 6.32. The number of esters is 1. The highest BCUT2D eigenvalue weighted by atomic mass is 32.2. The van der Waals surface area contributed by atoms with Crippen LogP contribution in [-0.4, -0.2) is 42.6 Å². The zero-order chi connectivity index (χ0) is 17.7. The Balaban J connectivity index is 2.89. The summed E-state index contributed by atoms with van der Waals surface area (Å²) in [6.07, 6.45) is 0.124. The number of hydrogen-bond donors (Lipinski definition) is 1. The van der Waals surface area contributed by atoms with Crippen LogP contribution >= 0.6 is 0 Å². The van der Waals surface area contributed by atoms with E-state index in [1.807, 2.05) is 0 Å². The highest BCUT2D eigenvalue weighted by molar-refractivity contribution is 7.92. The Morgan fingerprint density at radius 2 is 1.78 bits per heavy atom. The first kappa shape index (κ1) is 19.2. The van der Waals surface area contributed by atoms with Crippen molar-refractivity contribution in [2.24, 2.45) is 5.92 Å². The number of carboxylic acids is 1. The second kappa shape index (κ2) is 7.59. The van der Waals surface area contributed by atoms with Gasteiger partial charge in [0.2, 0.25) is 0 Å². The van der Waals surface area contributed by atoms with E-state index in [1.54, 1.807) is 30.3 Å². The molecule has 6 nitrogen and oxygen atoms in total. The standard InChI is InChI=1S/C16H22O6S/c1-12(17)22-11-16(2,3)23(20,21)10-14(15(18)19)9-13-7-5-4-6-8-13/h4-8,14H,9-11H2,1-3H3,(H,18,19). The summed E-state index contributed by atoms with van der Waals surface area (Å²) in [7, 11) is -3.78. The van der Waals surface area contributed by atoms with Crippen LogP contribution in [0.5, 0.6) is 0 Å². The van der Waals surface area contributed by atoms with Crippen LogP contribution in [0.4, 0.5) is 0 Å². The van der Waals surface area contributed by atoms with Crippen LogP contribution in [-0.2, 0) is 30.6 Å². The average molecular weight is 342 g/mol. The van der Waals surface area contributed by atoms with E-state index < -0.39 is 38.2 Å². The van der Waals surface area contributed by atoms with Crippen molar-refractivity contribution < 1.29 is 27.9 Å². The fourth-order valence-electron chi connectivity index (χ4n) is 1.97. The van der Waals surface area contributed by atoms with Crippen molar-refractivity contribution in [3.63, 3.8) is 0 Å². The molecule has 0 spiro atoms. The SMILES string of the molecule is CC(=O)OCC(C)(C)S(=O)(=O)CC(Cc1ccccc1)C(=O)O. The van der Waals surface area contributed by atoms with Gasteiger partial charge in [-0.2, -0.15) is 0 Å². The first-order chi connectivity index (χ1) is 10.5. The third-order valence-electron chi connectivity index (χ3n) is 3.56. The Morgan fingerprint density at radius 3 is 2.26 bits per heavy atom. The number of benzene rings is 1. The molecule has 1 aromatic carbocycles. The van der Waals surface area contributed by atoms with Crippen molar-refractivity contribution in [2.75, 3.05) is 12.4 Å². The van der Waals surface area contributed by atoms with E-state index in [1.165, 1.54) is 20.8 Å². The molecule has 0 aliphatic carbocycles. The molecule has 1 atom stereocenters. The third-order valence-corrected chi connectivity index (χ3v) is 6.20. The van der Waals surface area contributed by atoms with Gasteiger partial charge in [0.25, 0.3) is 0 Å². The first-order valence-electron chi connectivity index (χ1n) is 7.17. The van der Waals surface area contributed by atoms with E-state index in [2.05, 4.69) is 0 Å². The molecule has 0 aliphatic rings. The predicted octanol–water partition coefficient (Wildman–Crippen LogP) is 1.69. The molecule has 0 heterocycles. The predicted molar refractivity (Wildman–Crippen MR) is 85.8 cm³/mol. The number of rotatable bonds is 8. The van der Waals surface area contributed by atoms with Gasteiger partial charge in [0, 0.05) is 6.92 Å². The van der Waals surface area contributed by atoms with Crippen molar-refractivity contribution in [1.29, 1.82) is 0 Å². The van der Waals surface area contributed by atoms with Gasteiger partial charge in [-0.25, -0.2) is 8.42 Å². The van der Waals surface area contributed by atoms with Crippen LogP contribution in [0.15, 0.2) is 30.3 Å². The van der Waals surface area contributed by atoms with Gasteiger partial charge in [-0.05, 0) is 25.8 Å². The molecule has 0 aliphatic heterocycles. The monoisotopic (exact) mass is 342 g/mol. The topological polar surface area (TPSA) is 97.7 Å². The lowest BCUT2D eigenvalue weighted by atomic mass is 10.0. The van der Waals surface area contributed by atoms with E-state index in [9.17, 15) is 23.1 Å². The Hall–Kier alpha value is -1.89. The van der Waals surface area contributed by atoms with Crippen molar-refractivity contribution in [3.05, 3.63) is 35.9 Å². The second-order valence-corrected chi connectivity index (χ2v) is 8.71. The highest BCUT2D eigenvalue weighted by Crippen LogP contribution is 2.22. The van der Waals surface area contributed by atoms with Crippen molar-refractivity contribution in [3.8, 4) is 0 Å². The minimum atomic E-state index is -3.78. The minimum absolute atomic E-state index is 0.124. The van der Waals surface area contributed by atoms with Gasteiger partial charge in [-0.1, -0.05) is 30.3 Å². The molecule has 23 heavy (non-hydrogen) atoms. The molecule has 1 N–H and O–H groups in total. The molecule has 1 unspecified atom stereocenters. The van der Waals surface area contributed by atoms with Gasteiger partial charge in [0.1, 0.15) is 11.4 Å². The number of carboxylic acid groups (broad SMARTS) is 1. The molecule has 0 bridgehead atoms. The first-order valence-corrected chi connectivity index (χ1v) is 8.83. The molecule has 0 fully saturated rings. The van der Waals surface area contributed by atoms with Crippen LogP contribution in [0.1, 0.15) is 26.3 Å². The van der Waals surface area contributed by atoms with Gasteiger partial charge >= 0.3 is 11.9 Å². The second-order valence-electron chi connectivity index (χ2n) is 6.05. The third kappa shape index (κ3) is 5.67. The van der Waals surface area contributed by atoms with Gasteiger partial charge in [-0.3, -0.25) is 9.59 Å². The van der Waals surface area contributed by atoms with E-state index in [4.69, 9.17) is 4.74 Å². The van der Waals surface area contributed by atoms with Gasteiger partial charge < -0.3 is 9.84 Å². The molecular weight excluding hydrogens is 320 g/mol. The fourth-order valence-corrected chi connectivity index (χ4v) is 3.45. The maximum atomic E-state index is 12.5. The van der Waals surface area contributed by atoms with Crippen LogP contribution in [0.25, 0.3) is 0 Å². The summed E-state index contributed by atoms with van der Waals surface area (Å²) in [5.74, 6) is -3.31. The van der Waals surface area contributed by atoms with Crippen molar-refractivity contribution in [2.45, 2.75) is 31.9 Å². The zero-order valence-electron chi connectivity index (χ0n) is 13.5. The van der Waals surface area contributed by atoms with Crippen molar-refractivity contribution in [1.82, 2.24) is 0 Å². The lowest BCUT2D eigenvalue weighted by Gasteiger charge is -2.26. The summed E-state index contributed by atoms with van der Waals surface area (Å²) < 4.78 is 28.5. The lowest BCUT2D eigenvalue weighted by molar-refractivity contribution is -0.142. The quantitative estimate of drug-likeness (QED) is 0.722. The maximum absolute atomic E-state index is 12.5. The van der Waals surface area contributed by atoms with Gasteiger partial charge in [0.05, 0.1) is 11.7 Å². The summed E-state index contributed by atoms with van der Waals surface area (Å²) in [5.41, 5.74) is 0.757. The van der Waals surface area contributed by atoms with Crippen LogP contribution < -0.4 is 0 Å². The molecule has 0 saturated heterocycles. The van der Waals surface area contributed by atoms with Crippen molar-refractivity contribution >= 4 is 21.8 Å². The minimum Gasteiger partial charge on any atom is -0.481 e. The average Bonchev–Trinajstić information content (AvgIpc) is 2.45. The Labute approximate surface area is 136 Å². The van der Waals surface area contributed by atoms with E-state index in [-0.39, 0.29) is 13.0 Å². The summed E-state index contributed by atoms with van der Waals surface area (Å²) in [6.45, 7) is 3.74. The molecule has 1 aromatic rings. The molecule has 0 saturated carbocycles. The molecular formula is C16H22O6S. The van der Waals surface area contributed by atoms with E-state index >= 15 is 0 Å². The van der Waals surface area contributed by atoms with Gasteiger partial charge in [-0.15, -0.1) is 0 Å². The molecule has 0 radical (unpaired) electrons. The Morgan fingerprint density at radius 1 is 1.22 bits per heavy atom. The van der Waals surface area contributed by atoms with Gasteiger partial charge in [0.15, 0.2) is 9.84 Å². The smallest absolute Gasteiger partial charge is 0.307 e. The molecule has 128 valence electrons. The summed E-state index contributed by atoms with van der Waals surface area (Å²) in [4.78, 5) is 22.3. The maximum Gasteiger partial charge on any atom is 0.307 e. The van der Waals surface area contributed by atoms with Crippen LogP contribution in [0.2, 0.25) is 0 Å². The number of carbonyl (C=O) groups is 2. The molecule has 0 amide bonds. The number of hydrogen-bond acceptors (Lipinski definition) is 5. The number of ether oxygens (including phenoxy) is 1.